The number of alkyl halides is 2. The van der Waals surface area contributed by atoms with E-state index in [1.807, 2.05) is 0 Å². The number of amides is 1. The number of ether oxygens (including phenoxy) is 1. The molecule has 4 nitrogen and oxygen atoms in total. The van der Waals surface area contributed by atoms with Gasteiger partial charge in [0.05, 0.1) is 6.04 Å². The summed E-state index contributed by atoms with van der Waals surface area (Å²) >= 11 is 0. The van der Waals surface area contributed by atoms with Crippen LogP contribution in [0.5, 0.6) is 0 Å². The van der Waals surface area contributed by atoms with Gasteiger partial charge in [0.25, 0.3) is 5.92 Å². The summed E-state index contributed by atoms with van der Waals surface area (Å²) in [7, 11) is 0. The van der Waals surface area contributed by atoms with E-state index < -0.39 is 35.4 Å². The molecule has 0 bridgehead atoms. The molecule has 2 atom stereocenters. The second kappa shape index (κ2) is 4.82. The number of rotatable bonds is 4. The van der Waals surface area contributed by atoms with Crippen LogP contribution in [0.4, 0.5) is 13.6 Å². The number of nitrogens with one attached hydrogen (secondary N) is 1. The van der Waals surface area contributed by atoms with Crippen LogP contribution in [0.2, 0.25) is 0 Å². The van der Waals surface area contributed by atoms with Gasteiger partial charge in [0, 0.05) is 18.8 Å². The summed E-state index contributed by atoms with van der Waals surface area (Å²) in [6, 6.07) is -0.809. The number of Topliss-reactive ketones (excluding diaryl/α,β-unsaturated/α-hetero) is 1. The second-order valence-corrected chi connectivity index (χ2v) is 5.70. The summed E-state index contributed by atoms with van der Waals surface area (Å²) in [5.41, 5.74) is -0.656. The van der Waals surface area contributed by atoms with Gasteiger partial charge in [-0.2, -0.15) is 0 Å². The fourth-order valence-electron chi connectivity index (χ4n) is 1.48. The third kappa shape index (κ3) is 4.58. The number of halogens is 2. The van der Waals surface area contributed by atoms with Crippen molar-refractivity contribution in [2.45, 2.75) is 58.1 Å². The van der Waals surface area contributed by atoms with E-state index in [1.165, 1.54) is 6.92 Å². The molecule has 18 heavy (non-hydrogen) atoms. The van der Waals surface area contributed by atoms with Gasteiger partial charge in [-0.3, -0.25) is 4.79 Å². The molecule has 0 heterocycles. The first-order valence-corrected chi connectivity index (χ1v) is 5.91. The van der Waals surface area contributed by atoms with Crippen molar-refractivity contribution in [3.8, 4) is 0 Å². The number of hydrogen-bond acceptors (Lipinski definition) is 3. The summed E-state index contributed by atoms with van der Waals surface area (Å²) in [6.07, 6.45) is -1.16. The molecule has 1 N–H and O–H groups in total. The molecule has 0 aromatic carbocycles. The van der Waals surface area contributed by atoms with Crippen molar-refractivity contribution in [3.63, 3.8) is 0 Å². The zero-order valence-electron chi connectivity index (χ0n) is 11.0. The fourth-order valence-corrected chi connectivity index (χ4v) is 1.48. The van der Waals surface area contributed by atoms with E-state index in [2.05, 4.69) is 5.32 Å². The Hall–Kier alpha value is -1.20. The lowest BCUT2D eigenvalue weighted by Gasteiger charge is -2.21. The molecule has 0 aliphatic heterocycles. The molecule has 0 spiro atoms. The third-order valence-electron chi connectivity index (χ3n) is 2.62. The number of hydrogen-bond donors (Lipinski definition) is 1. The summed E-state index contributed by atoms with van der Waals surface area (Å²) in [5.74, 6) is -3.97. The molecule has 1 aliphatic carbocycles. The van der Waals surface area contributed by atoms with Crippen molar-refractivity contribution in [2.75, 3.05) is 0 Å². The molecular formula is C12H19F2NO3. The number of alkyl carbamates (subject to hydrolysis) is 1. The van der Waals surface area contributed by atoms with Gasteiger partial charge < -0.3 is 10.1 Å². The van der Waals surface area contributed by atoms with Crippen LogP contribution >= 0.6 is 0 Å². The number of carbonyl (C=O) groups excluding carboxylic acids is 2. The zero-order chi connectivity index (χ0) is 14.1. The highest BCUT2D eigenvalue weighted by Gasteiger charge is 2.57. The Labute approximate surface area is 105 Å². The molecule has 0 saturated heterocycles. The van der Waals surface area contributed by atoms with Crippen LogP contribution in [-0.2, 0) is 9.53 Å². The molecule has 0 aromatic heterocycles. The summed E-state index contributed by atoms with van der Waals surface area (Å²) in [5, 5.41) is 2.34. The predicted molar refractivity (Wildman–Crippen MR) is 61.5 cm³/mol. The van der Waals surface area contributed by atoms with Crippen molar-refractivity contribution in [2.24, 2.45) is 5.92 Å². The van der Waals surface area contributed by atoms with Crippen LogP contribution in [0.1, 0.15) is 40.5 Å². The van der Waals surface area contributed by atoms with Gasteiger partial charge in [0.15, 0.2) is 5.78 Å². The van der Waals surface area contributed by atoms with Gasteiger partial charge in [-0.25, -0.2) is 13.6 Å². The Morgan fingerprint density at radius 3 is 2.33 bits per heavy atom. The van der Waals surface area contributed by atoms with Crippen LogP contribution in [0.3, 0.4) is 0 Å². The molecular weight excluding hydrogens is 244 g/mol. The van der Waals surface area contributed by atoms with Gasteiger partial charge in [0.1, 0.15) is 5.60 Å². The lowest BCUT2D eigenvalue weighted by molar-refractivity contribution is -0.121. The van der Waals surface area contributed by atoms with Crippen LogP contribution in [0.15, 0.2) is 0 Å². The first kappa shape index (κ1) is 14.9. The average Bonchev–Trinajstić information content (AvgIpc) is 2.69. The molecule has 2 unspecified atom stereocenters. The van der Waals surface area contributed by atoms with E-state index in [0.717, 1.165) is 0 Å². The molecule has 1 saturated carbocycles. The lowest BCUT2D eigenvalue weighted by Crippen LogP contribution is -2.41. The van der Waals surface area contributed by atoms with Gasteiger partial charge in [-0.15, -0.1) is 0 Å². The summed E-state index contributed by atoms with van der Waals surface area (Å²) in [6.45, 7) is 6.56. The SMILES string of the molecule is CC(NC(=O)OC(C)(C)C)C(=O)CC1CC1(F)F. The Balaban J connectivity index is 2.34. The van der Waals surface area contributed by atoms with Crippen LogP contribution < -0.4 is 5.32 Å². The molecule has 1 fully saturated rings. The maximum atomic E-state index is 12.6. The van der Waals surface area contributed by atoms with E-state index in [9.17, 15) is 18.4 Å². The van der Waals surface area contributed by atoms with E-state index in [1.54, 1.807) is 20.8 Å². The van der Waals surface area contributed by atoms with Crippen LogP contribution in [-0.4, -0.2) is 29.4 Å². The van der Waals surface area contributed by atoms with Crippen molar-refractivity contribution in [1.82, 2.24) is 5.32 Å². The van der Waals surface area contributed by atoms with E-state index >= 15 is 0 Å². The summed E-state index contributed by atoms with van der Waals surface area (Å²) in [4.78, 5) is 22.9. The van der Waals surface area contributed by atoms with Gasteiger partial charge in [0.2, 0.25) is 0 Å². The van der Waals surface area contributed by atoms with Gasteiger partial charge in [-0.05, 0) is 27.7 Å². The monoisotopic (exact) mass is 263 g/mol. The predicted octanol–water partition coefficient (Wildman–Crippen LogP) is 2.51. The molecule has 0 aromatic rings. The van der Waals surface area contributed by atoms with E-state index in [-0.39, 0.29) is 12.8 Å². The Bertz CT molecular complexity index is 350. The topological polar surface area (TPSA) is 55.4 Å². The van der Waals surface area contributed by atoms with Gasteiger partial charge >= 0.3 is 6.09 Å². The minimum atomic E-state index is -2.71. The lowest BCUT2D eigenvalue weighted by atomic mass is 10.1. The maximum Gasteiger partial charge on any atom is 0.408 e. The smallest absolute Gasteiger partial charge is 0.408 e. The standard InChI is InChI=1S/C12H19F2NO3/c1-7(15-10(17)18-11(2,3)4)9(16)5-8-6-12(8,13)14/h7-8H,5-6H2,1-4H3,(H,15,17). The molecule has 0 radical (unpaired) electrons. The highest BCUT2D eigenvalue weighted by atomic mass is 19.3. The molecule has 104 valence electrons. The van der Waals surface area contributed by atoms with Crippen molar-refractivity contribution in [1.29, 1.82) is 0 Å². The minimum Gasteiger partial charge on any atom is -0.444 e. The number of ketones is 1. The van der Waals surface area contributed by atoms with E-state index in [4.69, 9.17) is 4.74 Å². The highest BCUT2D eigenvalue weighted by molar-refractivity contribution is 5.87. The molecule has 1 rings (SSSR count). The second-order valence-electron chi connectivity index (χ2n) is 5.70. The first-order chi connectivity index (χ1) is 8.01. The van der Waals surface area contributed by atoms with Crippen molar-refractivity contribution >= 4 is 11.9 Å². The minimum absolute atomic E-state index is 0.204. The highest BCUT2D eigenvalue weighted by Crippen LogP contribution is 2.50. The average molecular weight is 263 g/mol. The first-order valence-electron chi connectivity index (χ1n) is 5.91. The maximum absolute atomic E-state index is 12.6. The Morgan fingerprint density at radius 1 is 1.44 bits per heavy atom. The van der Waals surface area contributed by atoms with Crippen LogP contribution in [0.25, 0.3) is 0 Å². The normalized spacial score (nSPS) is 23.1. The third-order valence-corrected chi connectivity index (χ3v) is 2.62. The molecule has 6 heteroatoms. The Morgan fingerprint density at radius 2 is 1.94 bits per heavy atom. The quantitative estimate of drug-likeness (QED) is 0.848. The van der Waals surface area contributed by atoms with Crippen molar-refractivity contribution in [3.05, 3.63) is 0 Å². The van der Waals surface area contributed by atoms with Gasteiger partial charge in [-0.1, -0.05) is 0 Å². The molecule has 1 aliphatic rings. The summed E-state index contributed by atoms with van der Waals surface area (Å²) < 4.78 is 30.3. The largest absolute Gasteiger partial charge is 0.444 e. The molecule has 1 amide bonds. The van der Waals surface area contributed by atoms with Crippen molar-refractivity contribution < 1.29 is 23.1 Å². The van der Waals surface area contributed by atoms with Crippen LogP contribution in [0, 0.1) is 5.92 Å². The fraction of sp³-hybridized carbons (Fsp3) is 0.833. The zero-order valence-corrected chi connectivity index (χ0v) is 11.0. The van der Waals surface area contributed by atoms with E-state index in [0.29, 0.717) is 0 Å². The number of carbonyl (C=O) groups is 2. The Kier molecular flexibility index (Phi) is 3.98.